The zero-order valence-corrected chi connectivity index (χ0v) is 10.2. The Labute approximate surface area is 98.2 Å². The summed E-state index contributed by atoms with van der Waals surface area (Å²) < 4.78 is 0. The van der Waals surface area contributed by atoms with Crippen molar-refractivity contribution in [3.63, 3.8) is 0 Å². The lowest BCUT2D eigenvalue weighted by molar-refractivity contribution is 0.223. The van der Waals surface area contributed by atoms with Gasteiger partial charge < -0.3 is 20.4 Å². The second-order valence-corrected chi connectivity index (χ2v) is 3.73. The number of allylic oxidation sites excluding steroid dienone is 1. The standard InChI is InChI=1S/C6H14O2.C6H12O2/c1-6(2-4-7)3-5-8;7-5-3-1-2-4-6-8/h6-8H,2-5H2,1H3;3,5,7-8H,1-2,4,6H2/b;5-3+. The number of hydrogen-bond acceptors (Lipinski definition) is 4. The van der Waals surface area contributed by atoms with Gasteiger partial charge in [0.15, 0.2) is 0 Å². The summed E-state index contributed by atoms with van der Waals surface area (Å²) in [6.07, 6.45) is 6.96. The summed E-state index contributed by atoms with van der Waals surface area (Å²) in [5, 5.41) is 33.2. The van der Waals surface area contributed by atoms with E-state index >= 15 is 0 Å². The lowest BCUT2D eigenvalue weighted by atomic mass is 10.1. The molecule has 0 saturated carbocycles. The molecule has 0 aliphatic carbocycles. The summed E-state index contributed by atoms with van der Waals surface area (Å²) in [6.45, 7) is 2.74. The van der Waals surface area contributed by atoms with Gasteiger partial charge in [-0.05, 0) is 38.0 Å². The molecule has 0 fully saturated rings. The Morgan fingerprint density at radius 2 is 1.50 bits per heavy atom. The zero-order valence-electron chi connectivity index (χ0n) is 10.2. The Hall–Kier alpha value is -0.580. The van der Waals surface area contributed by atoms with Gasteiger partial charge in [-0.25, -0.2) is 0 Å². The summed E-state index contributed by atoms with van der Waals surface area (Å²) >= 11 is 0. The lowest BCUT2D eigenvalue weighted by Gasteiger charge is -2.04. The minimum atomic E-state index is 0.237. The van der Waals surface area contributed by atoms with Crippen molar-refractivity contribution in [2.75, 3.05) is 19.8 Å². The van der Waals surface area contributed by atoms with Crippen molar-refractivity contribution in [1.29, 1.82) is 0 Å². The van der Waals surface area contributed by atoms with Gasteiger partial charge in [-0.1, -0.05) is 13.0 Å². The smallest absolute Gasteiger partial charge is 0.0751 e. The molecule has 4 N–H and O–H groups in total. The second-order valence-electron chi connectivity index (χ2n) is 3.73. The van der Waals surface area contributed by atoms with Crippen LogP contribution in [0.3, 0.4) is 0 Å². The van der Waals surface area contributed by atoms with Gasteiger partial charge in [-0.2, -0.15) is 0 Å². The molecule has 0 atom stereocenters. The average Bonchev–Trinajstić information content (AvgIpc) is 2.26. The Balaban J connectivity index is 0. The van der Waals surface area contributed by atoms with Crippen molar-refractivity contribution < 1.29 is 20.4 Å². The monoisotopic (exact) mass is 234 g/mol. The van der Waals surface area contributed by atoms with Crippen molar-refractivity contribution in [2.24, 2.45) is 5.92 Å². The van der Waals surface area contributed by atoms with Gasteiger partial charge in [-0.3, -0.25) is 0 Å². The molecule has 0 amide bonds. The molecule has 4 heteroatoms. The molecule has 0 unspecified atom stereocenters. The van der Waals surface area contributed by atoms with E-state index in [1.165, 1.54) is 0 Å². The first kappa shape index (κ1) is 17.8. The molecule has 0 saturated heterocycles. The maximum atomic E-state index is 8.38. The van der Waals surface area contributed by atoms with Crippen molar-refractivity contribution >= 4 is 0 Å². The molecule has 16 heavy (non-hydrogen) atoms. The normalized spacial score (nSPS) is 10.6. The summed E-state index contributed by atoms with van der Waals surface area (Å²) in [4.78, 5) is 0. The lowest BCUT2D eigenvalue weighted by Crippen LogP contribution is -1.99. The summed E-state index contributed by atoms with van der Waals surface area (Å²) in [6, 6.07) is 0. The van der Waals surface area contributed by atoms with E-state index in [0.717, 1.165) is 38.4 Å². The molecule has 0 aromatic carbocycles. The van der Waals surface area contributed by atoms with Crippen molar-refractivity contribution in [2.45, 2.75) is 39.0 Å². The highest BCUT2D eigenvalue weighted by molar-refractivity contribution is 4.70. The highest BCUT2D eigenvalue weighted by Gasteiger charge is 1.97. The Morgan fingerprint density at radius 1 is 0.938 bits per heavy atom. The first-order chi connectivity index (χ1) is 7.72. The van der Waals surface area contributed by atoms with Gasteiger partial charge in [0.1, 0.15) is 0 Å². The minimum Gasteiger partial charge on any atom is -0.516 e. The van der Waals surface area contributed by atoms with Crippen LogP contribution in [0.4, 0.5) is 0 Å². The quantitative estimate of drug-likeness (QED) is 0.380. The number of hydrogen-bond donors (Lipinski definition) is 4. The van der Waals surface area contributed by atoms with Crippen LogP contribution in [0.15, 0.2) is 12.3 Å². The first-order valence-electron chi connectivity index (χ1n) is 5.84. The van der Waals surface area contributed by atoms with Crippen molar-refractivity contribution in [3.05, 3.63) is 12.3 Å². The van der Waals surface area contributed by atoms with Crippen LogP contribution < -0.4 is 0 Å². The summed E-state index contributed by atoms with van der Waals surface area (Å²) in [7, 11) is 0. The molecular formula is C12H26O4. The van der Waals surface area contributed by atoms with Gasteiger partial charge >= 0.3 is 0 Å². The van der Waals surface area contributed by atoms with Crippen LogP contribution in [0.25, 0.3) is 0 Å². The Kier molecular flexibility index (Phi) is 18.7. The molecule has 0 aromatic rings. The van der Waals surface area contributed by atoms with Crippen LogP contribution >= 0.6 is 0 Å². The molecule has 0 bridgehead atoms. The molecule has 0 aliphatic heterocycles. The second kappa shape index (κ2) is 16.8. The van der Waals surface area contributed by atoms with E-state index in [2.05, 4.69) is 0 Å². The van der Waals surface area contributed by atoms with Gasteiger partial charge in [0.05, 0.1) is 6.26 Å². The zero-order chi connectivity index (χ0) is 12.6. The van der Waals surface area contributed by atoms with Crippen LogP contribution in [0, 0.1) is 5.92 Å². The predicted octanol–water partition coefficient (Wildman–Crippen LogP) is 1.61. The van der Waals surface area contributed by atoms with Crippen LogP contribution in [0.5, 0.6) is 0 Å². The van der Waals surface area contributed by atoms with Crippen LogP contribution in [0.2, 0.25) is 0 Å². The van der Waals surface area contributed by atoms with Gasteiger partial charge in [0, 0.05) is 19.8 Å². The maximum Gasteiger partial charge on any atom is 0.0751 e. The molecule has 0 aliphatic rings. The number of unbranched alkanes of at least 4 members (excludes halogenated alkanes) is 2. The van der Waals surface area contributed by atoms with E-state index < -0.39 is 0 Å². The van der Waals surface area contributed by atoms with Crippen LogP contribution in [-0.4, -0.2) is 40.2 Å². The largest absolute Gasteiger partial charge is 0.516 e. The molecule has 0 heterocycles. The van der Waals surface area contributed by atoms with E-state index in [4.69, 9.17) is 20.4 Å². The maximum absolute atomic E-state index is 8.38. The van der Waals surface area contributed by atoms with E-state index in [9.17, 15) is 0 Å². The Morgan fingerprint density at radius 3 is 1.88 bits per heavy atom. The van der Waals surface area contributed by atoms with Crippen LogP contribution in [-0.2, 0) is 0 Å². The van der Waals surface area contributed by atoms with Gasteiger partial charge in [-0.15, -0.1) is 0 Å². The highest BCUT2D eigenvalue weighted by Crippen LogP contribution is 2.03. The van der Waals surface area contributed by atoms with E-state index in [1.807, 2.05) is 6.92 Å². The average molecular weight is 234 g/mol. The topological polar surface area (TPSA) is 80.9 Å². The fourth-order valence-corrected chi connectivity index (χ4v) is 1.03. The number of aliphatic hydroxyl groups is 4. The molecular weight excluding hydrogens is 208 g/mol. The third-order valence-electron chi connectivity index (χ3n) is 2.13. The molecule has 0 aromatic heterocycles. The molecule has 0 spiro atoms. The SMILES string of the molecule is CC(CCO)CCO.O/C=C/CCCCO. The minimum absolute atomic E-state index is 0.237. The third kappa shape index (κ3) is 19.1. The number of aliphatic hydroxyl groups excluding tert-OH is 4. The van der Waals surface area contributed by atoms with E-state index in [0.29, 0.717) is 5.92 Å². The number of rotatable bonds is 8. The molecule has 98 valence electrons. The molecule has 0 rings (SSSR count). The van der Waals surface area contributed by atoms with Crippen molar-refractivity contribution in [3.8, 4) is 0 Å². The predicted molar refractivity (Wildman–Crippen MR) is 65.3 cm³/mol. The highest BCUT2D eigenvalue weighted by atomic mass is 16.3. The van der Waals surface area contributed by atoms with E-state index in [1.54, 1.807) is 6.08 Å². The first-order valence-corrected chi connectivity index (χ1v) is 5.84. The molecule has 4 nitrogen and oxygen atoms in total. The van der Waals surface area contributed by atoms with Gasteiger partial charge in [0.2, 0.25) is 0 Å². The third-order valence-corrected chi connectivity index (χ3v) is 2.13. The summed E-state index contributed by atoms with van der Waals surface area (Å²) in [5.41, 5.74) is 0. The Bertz CT molecular complexity index is 131. The fraction of sp³-hybridized carbons (Fsp3) is 0.833. The van der Waals surface area contributed by atoms with Crippen molar-refractivity contribution in [1.82, 2.24) is 0 Å². The van der Waals surface area contributed by atoms with E-state index in [-0.39, 0.29) is 19.8 Å². The fourth-order valence-electron chi connectivity index (χ4n) is 1.03. The van der Waals surface area contributed by atoms with Crippen LogP contribution in [0.1, 0.15) is 39.0 Å². The molecule has 0 radical (unpaired) electrons. The summed E-state index contributed by atoms with van der Waals surface area (Å²) in [5.74, 6) is 0.463. The van der Waals surface area contributed by atoms with Gasteiger partial charge in [0.25, 0.3) is 0 Å².